The Hall–Kier alpha value is -11.1. The fourth-order valence-corrected chi connectivity index (χ4v) is 11.5. The van der Waals surface area contributed by atoms with E-state index < -0.39 is 166 Å². The molecule has 621 valence electrons. The average molecular weight is 2530 g/mol. The molecular weight excluding hydrogens is 2390 g/mol. The van der Waals surface area contributed by atoms with Crippen molar-refractivity contribution < 1.29 is 169 Å². The molecule has 0 spiro atoms. The molecule has 21 heteroatoms. The maximum Gasteiger partial charge on any atom is 0.142 e. The van der Waals surface area contributed by atoms with E-state index in [1.54, 1.807) is 6.92 Å². The van der Waals surface area contributed by atoms with Gasteiger partial charge >= 0.3 is 0 Å². The van der Waals surface area contributed by atoms with E-state index >= 15 is 0 Å². The van der Waals surface area contributed by atoms with Crippen molar-refractivity contribution in [1.82, 2.24) is 47.8 Å². The zero-order chi connectivity index (χ0) is 123. The van der Waals surface area contributed by atoms with E-state index in [-0.39, 0.29) is 276 Å². The minimum Gasteiger partial charge on any atom is -0.340 e. The minimum absolute atomic E-state index is 0. The molecule has 0 aliphatic rings. The molecule has 15 nitrogen and oxygen atoms in total. The Balaban J connectivity index is 0.000000316. The van der Waals surface area contributed by atoms with Crippen LogP contribution in [0.25, 0.3) is 110 Å². The van der Waals surface area contributed by atoms with Gasteiger partial charge in [0.2, 0.25) is 0 Å². The third-order valence-corrected chi connectivity index (χ3v) is 16.9. The predicted molar refractivity (Wildman–Crippen MR) is 465 cm³/mol. The van der Waals surface area contributed by atoms with Gasteiger partial charge in [0.1, 0.15) is 28.4 Å². The fourth-order valence-electron chi connectivity index (χ4n) is 11.5. The molecule has 10 aromatic carbocycles. The second-order valence-electron chi connectivity index (χ2n) is 24.6. The molecule has 4 unspecified atom stereocenters. The predicted octanol–water partition coefficient (Wildman–Crippen LogP) is 26.5. The summed E-state index contributed by atoms with van der Waals surface area (Å²) in [4.78, 5) is 36.6. The number of halogens is 1. The molecule has 5 heterocycles. The van der Waals surface area contributed by atoms with Crippen molar-refractivity contribution in [1.29, 1.82) is 0 Å². The molecule has 5 aromatic heterocycles. The summed E-state index contributed by atoms with van der Waals surface area (Å²) in [6, 6.07) is 49.2. The Kier molecular flexibility index (Phi) is 18.7. The number of benzene rings is 10. The van der Waals surface area contributed by atoms with Crippen molar-refractivity contribution in [3.05, 3.63) is 386 Å². The molecule has 0 saturated heterocycles. The van der Waals surface area contributed by atoms with Crippen molar-refractivity contribution in [3.63, 3.8) is 0 Å². The molecule has 15 aromatic rings. The maximum atomic E-state index is 13.7. The molecule has 0 fully saturated rings. The van der Waals surface area contributed by atoms with Crippen LogP contribution >= 0.6 is 0 Å². The SMILES string of the molecule is [2H]c1nc(-c2[c-]cc(C([2H])([2H])[2H])c([N+]#[C-])c2)n(-c2c(C([2H])([2H])[2H])cccc2C([2H])([2H])[2H])c1[2H].[2H]c1nc(-c2[c-]cc(C)c([N+]#[C-])c2)n(-c2c(C([2H])(C)C([2H])([2H])[2H])cccc2C([2H])(C)C([2H])([2H])[2H])c1[2H].[2H]c1nc(-c2[c-]cc(F)c([N+]#[C-])c2)n(-c2c(C([2H])([2H])[2H])cccc2C([2H])([2H])[2H])c1[2H].[2H]c1nc(-c2[c-]ccc([N+]#[C-])c2)n(-c2c(C([2H])(C)C([2H])([2H])[2H])cccc2C([2H])(C)C([2H])([2H])[2H])c1[2H].[2H]c1nc(-c2[c-]ccc([N+]#[C-])c2)n(-c2c(C([2H])([2H])[2H])cccc2C([2H])([2H])[2H])c1[2H].[Ir].[Ir].[Ir].[Ir].[Ir]. The van der Waals surface area contributed by atoms with Gasteiger partial charge in [-0.1, -0.05) is 160 Å². The summed E-state index contributed by atoms with van der Waals surface area (Å²) in [5.41, 5.74) is -2.76. The maximum absolute atomic E-state index is 13.7. The molecule has 0 saturated carbocycles. The quantitative estimate of drug-likeness (QED) is 0.101. The number of aryl methyl sites for hydroxylation is 8. The fraction of sp³-hybridized carbons (Fsp3) is 0.200. The molecule has 0 aliphatic heterocycles. The van der Waals surface area contributed by atoms with Crippen molar-refractivity contribution in [2.75, 3.05) is 0 Å². The first-order valence-corrected chi connectivity index (χ1v) is 33.9. The van der Waals surface area contributed by atoms with E-state index in [2.05, 4.69) is 79.5 Å². The van der Waals surface area contributed by atoms with Crippen molar-refractivity contribution in [2.45, 2.75) is 134 Å². The van der Waals surface area contributed by atoms with Crippen LogP contribution in [0.3, 0.4) is 0 Å². The Bertz CT molecular complexity index is 8330. The van der Waals surface area contributed by atoms with Crippen LogP contribution < -0.4 is 0 Å². The monoisotopic (exact) mass is 2530 g/mol. The molecule has 0 aliphatic carbocycles. The van der Waals surface area contributed by atoms with Crippen molar-refractivity contribution in [2.24, 2.45) is 0 Å². The standard InChI is InChI=1S/C23H24N3.C22H22N3.C19H16N3.C18H13FN3.C18H14N3.5Ir/c1-15(2)19-8-7-9-20(16(3)4)22(19)26-13-12-25-23(26)18-11-10-17(5)21(14-18)24-6;1-15(2)19-10-7-11-20(16(3)4)21(19)25-13-12-24-22(25)17-8-6-9-18(14-17)23-5;1-13-8-9-16(12-17(13)20-4)19-21-10-11-22(19)18-14(2)6-5-7-15(18)3;1-12-5-4-6-13(2)17(12)22-10-9-21-18(22)14-7-8-15(19)16(11-14)20-3;1-13-6-4-7-14(2)17(13)21-11-10-20-18(21)15-8-5-9-16(12-15)19-3;;;;;/h7-10,12-16H,1-5H3;6-7,9-16H,1-4H3;5-8,10-12H,1-3H3;4-6,8-11H,1-2H3;4-7,9-12H,1-2H3;;;;;/q5*-1;;;;;/i2*1D3,3D3,12D,13D,15D,16D;1D3,2D3,3D3,10D,11D;1D3,2D3,9D,10D;1D3,2D3,10D,11D;;;;;. The second-order valence-corrected chi connectivity index (χ2v) is 24.6. The van der Waals surface area contributed by atoms with Gasteiger partial charge in [0, 0.05) is 247 Å². The molecule has 5 radical (unpaired) electrons. The number of hydrogen-bond acceptors (Lipinski definition) is 5. The van der Waals surface area contributed by atoms with Gasteiger partial charge in [0.15, 0.2) is 0 Å². The van der Waals surface area contributed by atoms with Gasteiger partial charge in [0.25, 0.3) is 0 Å². The number of imidazole rings is 5. The molecule has 4 atom stereocenters. The summed E-state index contributed by atoms with van der Waals surface area (Å²) in [5, 5.41) is 0. The summed E-state index contributed by atoms with van der Waals surface area (Å²) in [5.74, 6) is -10.5. The van der Waals surface area contributed by atoms with Gasteiger partial charge in [-0.3, -0.25) is 53.5 Å². The third-order valence-electron chi connectivity index (χ3n) is 16.9. The summed E-state index contributed by atoms with van der Waals surface area (Å²) in [6.45, 7) is 12.2. The van der Waals surface area contributed by atoms with Crippen LogP contribution in [0.5, 0.6) is 0 Å². The molecular formula is C100H89FIr5N15-5. The average Bonchev–Trinajstić information content (AvgIpc) is 1.41. The zero-order valence-electron chi connectivity index (χ0n) is 110. The molecule has 0 N–H and O–H groups in total. The van der Waals surface area contributed by atoms with Crippen LogP contribution in [-0.4, -0.2) is 47.8 Å². The van der Waals surface area contributed by atoms with Gasteiger partial charge in [0.05, 0.1) is 75.7 Å². The van der Waals surface area contributed by atoms with Crippen molar-refractivity contribution >= 4 is 28.4 Å². The number of rotatable bonds is 14. The first kappa shape index (κ1) is 49.7. The van der Waals surface area contributed by atoms with E-state index in [4.69, 9.17) is 97.3 Å². The van der Waals surface area contributed by atoms with Crippen LogP contribution in [-0.2, 0) is 101 Å². The van der Waals surface area contributed by atoms with Crippen LogP contribution in [0.15, 0.2) is 226 Å². The van der Waals surface area contributed by atoms with Crippen LogP contribution in [0, 0.1) is 124 Å². The van der Waals surface area contributed by atoms with Crippen LogP contribution in [0.1, 0.15) is 210 Å². The van der Waals surface area contributed by atoms with Gasteiger partial charge in [-0.15, -0.1) is 118 Å². The topological polar surface area (TPSA) is 111 Å². The first-order valence-electron chi connectivity index (χ1n) is 57.4. The molecule has 0 amide bonds. The Labute approximate surface area is 845 Å². The summed E-state index contributed by atoms with van der Waals surface area (Å²) >= 11 is 0. The summed E-state index contributed by atoms with van der Waals surface area (Å²) in [6.07, 6.45) is -5.18. The van der Waals surface area contributed by atoms with Gasteiger partial charge in [-0.2, -0.15) is 24.3 Å². The zero-order valence-corrected chi connectivity index (χ0v) is 75.3. The molecule has 0 bridgehead atoms. The van der Waals surface area contributed by atoms with Gasteiger partial charge in [-0.25, -0.2) is 0 Å². The van der Waals surface area contributed by atoms with Crippen LogP contribution in [0.4, 0.5) is 32.8 Å². The number of para-hydroxylation sites is 5. The molecule has 121 heavy (non-hydrogen) atoms. The third kappa shape index (κ3) is 22.7. The normalized spacial score (nSPS) is 19.0. The summed E-state index contributed by atoms with van der Waals surface area (Å²) < 4.78 is 395. The van der Waals surface area contributed by atoms with E-state index in [9.17, 15) is 4.39 Å². The Morgan fingerprint density at radius 2 is 0.603 bits per heavy atom. The van der Waals surface area contributed by atoms with E-state index in [1.807, 2.05) is 0 Å². The van der Waals surface area contributed by atoms with Gasteiger partial charge in [-0.05, 0) is 120 Å². The minimum atomic E-state index is -2.86. The number of aromatic nitrogens is 10. The first-order chi connectivity index (χ1) is 74.7. The smallest absolute Gasteiger partial charge is 0.142 e. The van der Waals surface area contributed by atoms with E-state index in [1.165, 1.54) is 140 Å². The Morgan fingerprint density at radius 3 is 0.893 bits per heavy atom. The number of hydrogen-bond donors (Lipinski definition) is 0. The van der Waals surface area contributed by atoms with Crippen LogP contribution in [0.2, 0.25) is 0 Å². The van der Waals surface area contributed by atoms with Crippen molar-refractivity contribution in [3.8, 4) is 85.4 Å². The van der Waals surface area contributed by atoms with E-state index in [0.717, 1.165) is 74.8 Å². The second kappa shape index (κ2) is 45.5. The largest absolute Gasteiger partial charge is 0.340 e. The number of nitrogens with zero attached hydrogens (tertiary/aromatic N) is 15. The molecule has 15 rings (SSSR count). The summed E-state index contributed by atoms with van der Waals surface area (Å²) in [7, 11) is 0. The van der Waals surface area contributed by atoms with E-state index in [0.29, 0.717) is 5.56 Å². The van der Waals surface area contributed by atoms with Gasteiger partial charge < -0.3 is 22.8 Å². The Morgan fingerprint density at radius 1 is 0.339 bits per heavy atom.